The second-order valence-electron chi connectivity index (χ2n) is 7.21. The molecule has 3 N–H and O–H groups in total. The van der Waals surface area contributed by atoms with Crippen molar-refractivity contribution in [1.82, 2.24) is 10.1 Å². The number of halogens is 4. The molecule has 0 radical (unpaired) electrons. The summed E-state index contributed by atoms with van der Waals surface area (Å²) in [4.78, 5) is 14.3. The van der Waals surface area contributed by atoms with E-state index in [1.165, 1.54) is 18.2 Å². The van der Waals surface area contributed by atoms with Gasteiger partial charge in [0.05, 0.1) is 5.56 Å². The van der Waals surface area contributed by atoms with E-state index in [-0.39, 0.29) is 24.1 Å². The Morgan fingerprint density at radius 2 is 1.87 bits per heavy atom. The van der Waals surface area contributed by atoms with Crippen LogP contribution >= 0.6 is 11.6 Å². The molecule has 4 aromatic rings. The Kier molecular flexibility index (Phi) is 5.49. The molecule has 0 atom stereocenters. The quantitative estimate of drug-likeness (QED) is 0.420. The zero-order valence-electron chi connectivity index (χ0n) is 16.1. The second kappa shape index (κ2) is 8.11. The monoisotopic (exact) mass is 447 g/mol. The third-order valence-corrected chi connectivity index (χ3v) is 5.29. The average molecular weight is 448 g/mol. The van der Waals surface area contributed by atoms with E-state index in [1.807, 2.05) is 6.07 Å². The molecule has 2 aromatic heterocycles. The van der Waals surface area contributed by atoms with Gasteiger partial charge in [-0.15, -0.1) is 0 Å². The number of alkyl halides is 3. The second-order valence-corrected chi connectivity index (χ2v) is 7.65. The van der Waals surface area contributed by atoms with Crippen LogP contribution in [-0.4, -0.2) is 16.0 Å². The highest BCUT2D eigenvalue weighted by atomic mass is 35.5. The van der Waals surface area contributed by atoms with Crippen molar-refractivity contribution in [2.45, 2.75) is 25.4 Å². The van der Waals surface area contributed by atoms with Crippen molar-refractivity contribution in [3.05, 3.63) is 87.4 Å². The van der Waals surface area contributed by atoms with Gasteiger partial charge in [0.25, 0.3) is 5.91 Å². The topological polar surface area (TPSA) is 84.9 Å². The minimum atomic E-state index is -4.47. The van der Waals surface area contributed by atoms with Gasteiger partial charge < -0.3 is 15.2 Å². The summed E-state index contributed by atoms with van der Waals surface area (Å²) in [6, 6.07) is 10.7. The molecule has 0 aliphatic rings. The number of nitrogens with one attached hydrogen (secondary N) is 1. The molecule has 0 saturated carbocycles. The van der Waals surface area contributed by atoms with Crippen molar-refractivity contribution >= 4 is 28.4 Å². The number of benzene rings is 2. The number of aryl methyl sites for hydroxylation is 2. The summed E-state index contributed by atoms with van der Waals surface area (Å²) in [6.07, 6.45) is -1.90. The number of nitrogens with two attached hydrogens (primary N) is 1. The fourth-order valence-electron chi connectivity index (χ4n) is 3.58. The number of primary amides is 1. The number of carbonyl (C=O) groups excluding carboxylic acids is 1. The van der Waals surface area contributed by atoms with Crippen LogP contribution in [0.1, 0.15) is 38.5 Å². The van der Waals surface area contributed by atoms with Gasteiger partial charge in [-0.3, -0.25) is 4.79 Å². The van der Waals surface area contributed by atoms with Crippen LogP contribution in [-0.2, 0) is 25.4 Å². The van der Waals surface area contributed by atoms with Crippen LogP contribution in [0.25, 0.3) is 10.9 Å². The maximum Gasteiger partial charge on any atom is 0.416 e. The molecule has 0 saturated heterocycles. The Bertz CT molecular complexity index is 1260. The van der Waals surface area contributed by atoms with Crippen LogP contribution in [0.15, 0.2) is 53.2 Å². The van der Waals surface area contributed by atoms with Crippen molar-refractivity contribution in [2.24, 2.45) is 5.73 Å². The lowest BCUT2D eigenvalue weighted by atomic mass is 9.95. The summed E-state index contributed by atoms with van der Waals surface area (Å²) < 4.78 is 45.8. The number of aromatic amines is 1. The molecule has 31 heavy (non-hydrogen) atoms. The van der Waals surface area contributed by atoms with Crippen molar-refractivity contribution in [3.63, 3.8) is 0 Å². The Morgan fingerprint density at radius 1 is 1.10 bits per heavy atom. The SMILES string of the molecule is NC(=O)c1cc(Cc2ccc(C(F)(F)F)c(CCc3c[nH]c4ccc(Cl)cc34)c2)on1. The molecule has 0 bridgehead atoms. The third kappa shape index (κ3) is 4.59. The maximum atomic E-state index is 13.6. The Hall–Kier alpha value is -3.26. The van der Waals surface area contributed by atoms with Crippen LogP contribution in [0.3, 0.4) is 0 Å². The Labute approximate surface area is 180 Å². The number of fused-ring (bicyclic) bond motifs is 1. The molecule has 5 nitrogen and oxygen atoms in total. The summed E-state index contributed by atoms with van der Waals surface area (Å²) in [5.74, 6) is -0.396. The molecule has 2 heterocycles. The van der Waals surface area contributed by atoms with E-state index < -0.39 is 17.6 Å². The zero-order chi connectivity index (χ0) is 22.2. The van der Waals surface area contributed by atoms with Gasteiger partial charge in [-0.05, 0) is 53.8 Å². The lowest BCUT2D eigenvalue weighted by molar-refractivity contribution is -0.138. The first-order valence-corrected chi connectivity index (χ1v) is 9.78. The minimum Gasteiger partial charge on any atom is -0.364 e. The smallest absolute Gasteiger partial charge is 0.364 e. The van der Waals surface area contributed by atoms with Gasteiger partial charge in [0.15, 0.2) is 5.69 Å². The Morgan fingerprint density at radius 3 is 2.58 bits per heavy atom. The fraction of sp³-hybridized carbons (Fsp3) is 0.182. The van der Waals surface area contributed by atoms with E-state index >= 15 is 0 Å². The van der Waals surface area contributed by atoms with Crippen LogP contribution in [0.2, 0.25) is 5.02 Å². The van der Waals surface area contributed by atoms with E-state index in [9.17, 15) is 18.0 Å². The van der Waals surface area contributed by atoms with Crippen LogP contribution < -0.4 is 5.73 Å². The number of aromatic nitrogens is 2. The van der Waals surface area contributed by atoms with Crippen molar-refractivity contribution in [2.75, 3.05) is 0 Å². The summed E-state index contributed by atoms with van der Waals surface area (Å²) in [7, 11) is 0. The standard InChI is InChI=1S/C22H17ClF3N3O2/c23-15-4-6-19-17(9-15)14(11-28-19)3-2-13-7-12(1-5-18(13)22(24,25)26)8-16-10-20(21(27)30)29-31-16/h1,4-7,9-11,28H,2-3,8H2,(H2,27,30). The van der Waals surface area contributed by atoms with Gasteiger partial charge in [-0.1, -0.05) is 28.9 Å². The number of amides is 1. The molecule has 0 spiro atoms. The highest BCUT2D eigenvalue weighted by Gasteiger charge is 2.33. The predicted molar refractivity (Wildman–Crippen MR) is 110 cm³/mol. The first kappa shape index (κ1) is 21.0. The first-order chi connectivity index (χ1) is 14.7. The number of H-pyrrole nitrogens is 1. The molecule has 0 unspecified atom stereocenters. The van der Waals surface area contributed by atoms with Gasteiger partial charge in [-0.25, -0.2) is 0 Å². The van der Waals surface area contributed by atoms with Crippen molar-refractivity contribution < 1.29 is 22.5 Å². The molecular formula is C22H17ClF3N3O2. The van der Waals surface area contributed by atoms with E-state index in [1.54, 1.807) is 18.3 Å². The van der Waals surface area contributed by atoms with E-state index in [4.69, 9.17) is 21.9 Å². The minimum absolute atomic E-state index is 0.0277. The highest BCUT2D eigenvalue weighted by molar-refractivity contribution is 6.31. The lowest BCUT2D eigenvalue weighted by Crippen LogP contribution is -2.11. The predicted octanol–water partition coefficient (Wildman–Crippen LogP) is 5.30. The number of hydrogen-bond donors (Lipinski definition) is 2. The molecule has 0 aliphatic heterocycles. The summed E-state index contributed by atoms with van der Waals surface area (Å²) in [5, 5.41) is 5.00. The van der Waals surface area contributed by atoms with E-state index in [0.29, 0.717) is 22.8 Å². The molecule has 4 rings (SSSR count). The number of rotatable bonds is 6. The molecule has 2 aromatic carbocycles. The normalized spacial score (nSPS) is 11.9. The molecule has 9 heteroatoms. The molecule has 160 valence electrons. The van der Waals surface area contributed by atoms with Gasteiger partial charge in [0.2, 0.25) is 0 Å². The molecule has 1 amide bonds. The molecule has 0 fully saturated rings. The van der Waals surface area contributed by atoms with Crippen LogP contribution in [0, 0.1) is 0 Å². The fourth-order valence-corrected chi connectivity index (χ4v) is 3.75. The van der Waals surface area contributed by atoms with Gasteiger partial charge in [-0.2, -0.15) is 13.2 Å². The molecular weight excluding hydrogens is 431 g/mol. The van der Waals surface area contributed by atoms with E-state index in [2.05, 4.69) is 10.1 Å². The zero-order valence-corrected chi connectivity index (χ0v) is 16.8. The first-order valence-electron chi connectivity index (χ1n) is 9.40. The van der Waals surface area contributed by atoms with Crippen molar-refractivity contribution in [3.8, 4) is 0 Å². The van der Waals surface area contributed by atoms with Crippen LogP contribution in [0.5, 0.6) is 0 Å². The summed E-state index contributed by atoms with van der Waals surface area (Å²) in [5.41, 5.74) is 6.99. The van der Waals surface area contributed by atoms with Gasteiger partial charge in [0, 0.05) is 34.6 Å². The lowest BCUT2D eigenvalue weighted by Gasteiger charge is -2.14. The average Bonchev–Trinajstić information content (AvgIpc) is 3.32. The summed E-state index contributed by atoms with van der Waals surface area (Å²) >= 11 is 6.06. The van der Waals surface area contributed by atoms with Crippen molar-refractivity contribution in [1.29, 1.82) is 0 Å². The third-order valence-electron chi connectivity index (χ3n) is 5.06. The van der Waals surface area contributed by atoms with E-state index in [0.717, 1.165) is 22.5 Å². The summed E-state index contributed by atoms with van der Waals surface area (Å²) in [6.45, 7) is 0. The van der Waals surface area contributed by atoms with Gasteiger partial charge >= 0.3 is 6.18 Å². The molecule has 0 aliphatic carbocycles. The number of carbonyl (C=O) groups is 1. The van der Waals surface area contributed by atoms with Crippen LogP contribution in [0.4, 0.5) is 13.2 Å². The largest absolute Gasteiger partial charge is 0.416 e. The Balaban J connectivity index is 1.61. The highest BCUT2D eigenvalue weighted by Crippen LogP contribution is 2.34. The van der Waals surface area contributed by atoms with Gasteiger partial charge in [0.1, 0.15) is 5.76 Å². The number of hydrogen-bond acceptors (Lipinski definition) is 3. The number of nitrogens with zero attached hydrogens (tertiary/aromatic N) is 1. The maximum absolute atomic E-state index is 13.6.